The van der Waals surface area contributed by atoms with Gasteiger partial charge in [-0.1, -0.05) is 73.6 Å². The highest BCUT2D eigenvalue weighted by atomic mass is 14.6. The van der Waals surface area contributed by atoms with Gasteiger partial charge in [-0.15, -0.1) is 0 Å². The average Bonchev–Trinajstić information content (AvgIpc) is 2.34. The fraction of sp³-hybridized carbons (Fsp3) is 0.700. The first kappa shape index (κ1) is 18.2. The van der Waals surface area contributed by atoms with E-state index >= 15 is 0 Å². The Bertz CT molecular complexity index is 470. The van der Waals surface area contributed by atoms with Crippen molar-refractivity contribution < 1.29 is 0 Å². The summed E-state index contributed by atoms with van der Waals surface area (Å²) < 4.78 is 0. The number of nitrogens with two attached hydrogens (primary N) is 1. The predicted octanol–water partition coefficient (Wildman–Crippen LogP) is 5.20. The highest BCUT2D eigenvalue weighted by Crippen LogP contribution is 2.37. The molecule has 0 aliphatic rings. The van der Waals surface area contributed by atoms with E-state index in [-0.39, 0.29) is 16.2 Å². The molecule has 0 heterocycles. The van der Waals surface area contributed by atoms with Crippen molar-refractivity contribution in [3.05, 3.63) is 34.9 Å². The van der Waals surface area contributed by atoms with Crippen LogP contribution in [0.25, 0.3) is 0 Å². The Morgan fingerprint density at radius 1 is 0.857 bits per heavy atom. The van der Waals surface area contributed by atoms with Crippen LogP contribution in [-0.4, -0.2) is 6.54 Å². The van der Waals surface area contributed by atoms with Gasteiger partial charge in [0.2, 0.25) is 0 Å². The van der Waals surface area contributed by atoms with Crippen molar-refractivity contribution >= 4 is 0 Å². The molecule has 21 heavy (non-hydrogen) atoms. The van der Waals surface area contributed by atoms with E-state index in [4.69, 9.17) is 5.73 Å². The molecule has 0 amide bonds. The second-order valence-electron chi connectivity index (χ2n) is 9.21. The number of aryl methyl sites for hydroxylation is 1. The Labute approximate surface area is 132 Å². The minimum atomic E-state index is 0.173. The molecule has 0 saturated heterocycles. The molecule has 0 unspecified atom stereocenters. The molecule has 1 heteroatoms. The molecule has 0 spiro atoms. The van der Waals surface area contributed by atoms with E-state index in [0.29, 0.717) is 0 Å². The van der Waals surface area contributed by atoms with Crippen molar-refractivity contribution in [3.63, 3.8) is 0 Å². The molecule has 0 saturated carbocycles. The molecule has 0 aliphatic carbocycles. The quantitative estimate of drug-likeness (QED) is 0.810. The Kier molecular flexibility index (Phi) is 5.31. The van der Waals surface area contributed by atoms with Gasteiger partial charge in [0, 0.05) is 0 Å². The second kappa shape index (κ2) is 6.12. The van der Waals surface area contributed by atoms with Crippen LogP contribution in [0.2, 0.25) is 0 Å². The first-order valence-corrected chi connectivity index (χ1v) is 8.21. The summed E-state index contributed by atoms with van der Waals surface area (Å²) in [6.45, 7) is 19.2. The maximum atomic E-state index is 5.89. The number of hydrogen-bond acceptors (Lipinski definition) is 1. The van der Waals surface area contributed by atoms with Crippen molar-refractivity contribution in [2.75, 3.05) is 6.54 Å². The summed E-state index contributed by atoms with van der Waals surface area (Å²) in [6, 6.07) is 6.83. The Morgan fingerprint density at radius 2 is 1.43 bits per heavy atom. The van der Waals surface area contributed by atoms with E-state index in [1.165, 1.54) is 16.7 Å². The fourth-order valence-corrected chi connectivity index (χ4v) is 2.89. The Morgan fingerprint density at radius 3 is 1.86 bits per heavy atom. The van der Waals surface area contributed by atoms with Gasteiger partial charge in [0.1, 0.15) is 0 Å². The van der Waals surface area contributed by atoms with Gasteiger partial charge in [0.25, 0.3) is 0 Å². The molecule has 0 aliphatic heterocycles. The molecule has 1 aromatic rings. The zero-order valence-corrected chi connectivity index (χ0v) is 15.4. The monoisotopic (exact) mass is 289 g/mol. The number of hydrogen-bond donors (Lipinski definition) is 1. The zero-order chi connectivity index (χ0) is 16.5. The van der Waals surface area contributed by atoms with Crippen LogP contribution in [0.3, 0.4) is 0 Å². The van der Waals surface area contributed by atoms with Crippen LogP contribution in [0.15, 0.2) is 18.2 Å². The highest BCUT2D eigenvalue weighted by Gasteiger charge is 2.28. The SMILES string of the molecule is CC(C)(CN)CCc1cccc(C(C)(C)C)c1C(C)(C)C. The summed E-state index contributed by atoms with van der Waals surface area (Å²) >= 11 is 0. The maximum Gasteiger partial charge on any atom is -0.00257 e. The molecule has 0 radical (unpaired) electrons. The van der Waals surface area contributed by atoms with E-state index in [0.717, 1.165) is 19.4 Å². The lowest BCUT2D eigenvalue weighted by Crippen LogP contribution is -2.26. The Balaban J connectivity index is 3.27. The summed E-state index contributed by atoms with van der Waals surface area (Å²) in [4.78, 5) is 0. The van der Waals surface area contributed by atoms with Gasteiger partial charge in [-0.05, 0) is 52.3 Å². The summed E-state index contributed by atoms with van der Waals surface area (Å²) in [6.07, 6.45) is 2.25. The molecular formula is C20H35N. The standard InChI is InChI=1S/C20H35N/c1-18(2,3)16-11-9-10-15(17(16)19(4,5)6)12-13-20(7,8)14-21/h9-11H,12-14,21H2,1-8H3. The van der Waals surface area contributed by atoms with Gasteiger partial charge >= 0.3 is 0 Å². The molecule has 0 aromatic heterocycles. The predicted molar refractivity (Wildman–Crippen MR) is 95.0 cm³/mol. The zero-order valence-electron chi connectivity index (χ0n) is 15.4. The van der Waals surface area contributed by atoms with Gasteiger partial charge in [-0.2, -0.15) is 0 Å². The third-order valence-corrected chi connectivity index (χ3v) is 4.33. The molecule has 1 rings (SSSR count). The number of rotatable bonds is 4. The van der Waals surface area contributed by atoms with Gasteiger partial charge < -0.3 is 5.73 Å². The number of benzene rings is 1. The normalized spacial score (nSPS) is 13.6. The second-order valence-corrected chi connectivity index (χ2v) is 9.21. The van der Waals surface area contributed by atoms with E-state index in [2.05, 4.69) is 73.6 Å². The third-order valence-electron chi connectivity index (χ3n) is 4.33. The minimum Gasteiger partial charge on any atom is -0.330 e. The van der Waals surface area contributed by atoms with Crippen molar-refractivity contribution in [2.24, 2.45) is 11.1 Å². The average molecular weight is 290 g/mol. The van der Waals surface area contributed by atoms with Gasteiger partial charge in [-0.3, -0.25) is 0 Å². The van der Waals surface area contributed by atoms with E-state index in [9.17, 15) is 0 Å². The fourth-order valence-electron chi connectivity index (χ4n) is 2.89. The van der Waals surface area contributed by atoms with Gasteiger partial charge in [0.05, 0.1) is 0 Å². The third kappa shape index (κ3) is 4.85. The summed E-state index contributed by atoms with van der Waals surface area (Å²) in [7, 11) is 0. The molecular weight excluding hydrogens is 254 g/mol. The first-order valence-electron chi connectivity index (χ1n) is 8.21. The summed E-state index contributed by atoms with van der Waals surface area (Å²) in [5, 5.41) is 0. The van der Waals surface area contributed by atoms with Crippen LogP contribution in [0.4, 0.5) is 0 Å². The van der Waals surface area contributed by atoms with Crippen molar-refractivity contribution in [2.45, 2.75) is 79.1 Å². The van der Waals surface area contributed by atoms with Crippen LogP contribution in [0.5, 0.6) is 0 Å². The minimum absolute atomic E-state index is 0.173. The van der Waals surface area contributed by atoms with E-state index < -0.39 is 0 Å². The van der Waals surface area contributed by atoms with Crippen LogP contribution >= 0.6 is 0 Å². The van der Waals surface area contributed by atoms with Gasteiger partial charge in [0.15, 0.2) is 0 Å². The molecule has 0 bridgehead atoms. The molecule has 2 N–H and O–H groups in total. The molecule has 1 nitrogen and oxygen atoms in total. The van der Waals surface area contributed by atoms with Crippen LogP contribution in [0.1, 0.15) is 78.5 Å². The van der Waals surface area contributed by atoms with Crippen LogP contribution < -0.4 is 5.73 Å². The molecule has 1 aromatic carbocycles. The van der Waals surface area contributed by atoms with Crippen LogP contribution in [-0.2, 0) is 17.3 Å². The first-order chi connectivity index (χ1) is 9.38. The molecule has 120 valence electrons. The maximum absolute atomic E-state index is 5.89. The van der Waals surface area contributed by atoms with E-state index in [1.54, 1.807) is 0 Å². The van der Waals surface area contributed by atoms with E-state index in [1.807, 2.05) is 0 Å². The van der Waals surface area contributed by atoms with Crippen molar-refractivity contribution in [1.82, 2.24) is 0 Å². The highest BCUT2D eigenvalue weighted by molar-refractivity contribution is 5.43. The molecule has 0 atom stereocenters. The van der Waals surface area contributed by atoms with Crippen LogP contribution in [0, 0.1) is 5.41 Å². The lowest BCUT2D eigenvalue weighted by molar-refractivity contribution is 0.346. The summed E-state index contributed by atoms with van der Waals surface area (Å²) in [5.41, 5.74) is 11.0. The van der Waals surface area contributed by atoms with Crippen molar-refractivity contribution in [3.8, 4) is 0 Å². The largest absolute Gasteiger partial charge is 0.330 e. The molecule has 0 fully saturated rings. The smallest absolute Gasteiger partial charge is 0.00257 e. The lowest BCUT2D eigenvalue weighted by atomic mass is 9.72. The topological polar surface area (TPSA) is 26.0 Å². The summed E-state index contributed by atoms with van der Waals surface area (Å²) in [5.74, 6) is 0. The van der Waals surface area contributed by atoms with Crippen molar-refractivity contribution in [1.29, 1.82) is 0 Å². The Hall–Kier alpha value is -0.820. The lowest BCUT2D eigenvalue weighted by Gasteiger charge is -2.33. The van der Waals surface area contributed by atoms with Gasteiger partial charge in [-0.25, -0.2) is 0 Å².